The normalized spacial score (nSPS) is 13.5. The summed E-state index contributed by atoms with van der Waals surface area (Å²) in [4.78, 5) is 22.9. The Kier molecular flexibility index (Phi) is 16.8. The van der Waals surface area contributed by atoms with E-state index in [1.54, 1.807) is 0 Å². The zero-order chi connectivity index (χ0) is 23.5. The number of hydrogen-bond donors (Lipinski definition) is 2. The fraction of sp³-hybridized carbons (Fsp3) is 0.760. The number of carboxylic acids is 1. The van der Waals surface area contributed by atoms with Gasteiger partial charge in [-0.25, -0.2) is 4.79 Å². The molecular weight excluding hydrogens is 394 g/mol. The first kappa shape index (κ1) is 29.2. The fourth-order valence-corrected chi connectivity index (χ4v) is 3.45. The maximum Gasteiger partial charge on any atom is 0.335 e. The monoisotopic (exact) mass is 440 g/mol. The van der Waals surface area contributed by atoms with Gasteiger partial charge in [-0.05, 0) is 18.9 Å². The molecule has 0 heterocycles. The number of hydrogen-bond acceptors (Lipinski definition) is 4. The number of carbonyl (C=O) groups excluding carboxylic acids is 1. The lowest BCUT2D eigenvalue weighted by atomic mass is 10.1. The molecule has 180 valence electrons. The number of esters is 1. The minimum atomic E-state index is -1.02. The molecule has 1 atom stereocenters. The second-order valence-electron chi connectivity index (χ2n) is 9.43. The lowest BCUT2D eigenvalue weighted by Crippen LogP contribution is -2.43. The molecule has 6 heteroatoms. The molecule has 0 aromatic carbocycles. The minimum absolute atomic E-state index is 0.174. The first-order valence-corrected chi connectivity index (χ1v) is 11.9. The Hall–Kier alpha value is -1.82. The second kappa shape index (κ2) is 17.8. The quantitative estimate of drug-likeness (QED) is 0.0664. The fourth-order valence-electron chi connectivity index (χ4n) is 3.45. The molecule has 0 fully saturated rings. The lowest BCUT2D eigenvalue weighted by Gasteiger charge is -2.28. The SMILES string of the molecule is CCCCCCCCCCCCCC=CC(O)=CC(=O)OC(CC(=O)O)C[N+](C)(C)C. The van der Waals surface area contributed by atoms with Crippen LogP contribution < -0.4 is 0 Å². The highest BCUT2D eigenvalue weighted by molar-refractivity contribution is 5.83. The number of carbonyl (C=O) groups is 2. The van der Waals surface area contributed by atoms with E-state index in [2.05, 4.69) is 6.92 Å². The summed E-state index contributed by atoms with van der Waals surface area (Å²) in [6.07, 6.45) is 18.4. The molecule has 0 aliphatic carbocycles. The largest absolute Gasteiger partial charge is 0.508 e. The van der Waals surface area contributed by atoms with Crippen LogP contribution in [0.3, 0.4) is 0 Å². The molecule has 6 nitrogen and oxygen atoms in total. The molecule has 0 radical (unpaired) electrons. The van der Waals surface area contributed by atoms with Gasteiger partial charge in [0.1, 0.15) is 12.3 Å². The molecule has 0 aliphatic rings. The van der Waals surface area contributed by atoms with Crippen LogP contribution >= 0.6 is 0 Å². The third-order valence-electron chi connectivity index (χ3n) is 4.97. The summed E-state index contributed by atoms with van der Waals surface area (Å²) < 4.78 is 5.69. The Morgan fingerprint density at radius 1 is 0.871 bits per heavy atom. The van der Waals surface area contributed by atoms with E-state index >= 15 is 0 Å². The predicted molar refractivity (Wildman–Crippen MR) is 126 cm³/mol. The highest BCUT2D eigenvalue weighted by atomic mass is 16.5. The Bertz CT molecular complexity index is 549. The molecule has 2 N–H and O–H groups in total. The Balaban J connectivity index is 4.00. The van der Waals surface area contributed by atoms with Gasteiger partial charge in [0.2, 0.25) is 0 Å². The van der Waals surface area contributed by atoms with Crippen molar-refractivity contribution in [2.24, 2.45) is 0 Å². The van der Waals surface area contributed by atoms with E-state index in [9.17, 15) is 14.7 Å². The Morgan fingerprint density at radius 2 is 1.39 bits per heavy atom. The molecule has 0 aromatic rings. The van der Waals surface area contributed by atoms with Crippen molar-refractivity contribution in [1.82, 2.24) is 0 Å². The van der Waals surface area contributed by atoms with Crippen molar-refractivity contribution >= 4 is 11.9 Å². The standard InChI is InChI=1S/C25H45NO5/c1-5-6-7-8-9-10-11-12-13-14-15-16-17-18-22(27)19-25(30)31-23(20-24(28)29)21-26(2,3)4/h17-19,23H,5-16,20-21H2,1-4H3,(H-,27,28,29,30)/p+1. The smallest absolute Gasteiger partial charge is 0.335 e. The molecule has 0 spiro atoms. The van der Waals surface area contributed by atoms with Crippen LogP contribution in [0, 0.1) is 0 Å². The first-order valence-electron chi connectivity index (χ1n) is 11.9. The molecule has 0 rings (SSSR count). The number of likely N-dealkylation sites (N-methyl/N-ethyl adjacent to an activating group) is 1. The lowest BCUT2D eigenvalue weighted by molar-refractivity contribution is -0.873. The third-order valence-corrected chi connectivity index (χ3v) is 4.97. The number of carboxylic acid groups (broad SMARTS) is 1. The van der Waals surface area contributed by atoms with Gasteiger partial charge in [-0.1, -0.05) is 77.2 Å². The van der Waals surface area contributed by atoms with Gasteiger partial charge < -0.3 is 19.4 Å². The van der Waals surface area contributed by atoms with Gasteiger partial charge in [0.25, 0.3) is 0 Å². The number of unbranched alkanes of at least 4 members (excludes halogenated alkanes) is 11. The van der Waals surface area contributed by atoms with Crippen LogP contribution in [-0.4, -0.2) is 60.4 Å². The number of aliphatic hydroxyl groups is 1. The topological polar surface area (TPSA) is 83.8 Å². The summed E-state index contributed by atoms with van der Waals surface area (Å²) in [5.74, 6) is -1.92. The van der Waals surface area contributed by atoms with E-state index < -0.39 is 18.0 Å². The molecular formula is C25H46NO5+. The van der Waals surface area contributed by atoms with Crippen molar-refractivity contribution in [2.75, 3.05) is 27.7 Å². The highest BCUT2D eigenvalue weighted by Crippen LogP contribution is 2.12. The number of nitrogens with zero attached hydrogens (tertiary/aromatic N) is 1. The molecule has 0 aliphatic heterocycles. The van der Waals surface area contributed by atoms with Gasteiger partial charge in [-0.15, -0.1) is 0 Å². The van der Waals surface area contributed by atoms with Crippen LogP contribution in [0.15, 0.2) is 24.0 Å². The van der Waals surface area contributed by atoms with E-state index in [0.717, 1.165) is 18.9 Å². The number of allylic oxidation sites excluding steroid dienone is 2. The van der Waals surface area contributed by atoms with Gasteiger partial charge >= 0.3 is 11.9 Å². The maximum absolute atomic E-state index is 12.0. The van der Waals surface area contributed by atoms with Crippen LogP contribution in [0.1, 0.15) is 90.4 Å². The zero-order valence-corrected chi connectivity index (χ0v) is 20.3. The van der Waals surface area contributed by atoms with Gasteiger partial charge in [0, 0.05) is 0 Å². The summed E-state index contributed by atoms with van der Waals surface area (Å²) in [5.41, 5.74) is 0. The predicted octanol–water partition coefficient (Wildman–Crippen LogP) is 5.78. The van der Waals surface area contributed by atoms with E-state index in [1.165, 1.54) is 70.3 Å². The molecule has 1 unspecified atom stereocenters. The second-order valence-corrected chi connectivity index (χ2v) is 9.43. The van der Waals surface area contributed by atoms with Crippen molar-refractivity contribution < 1.29 is 29.0 Å². The number of aliphatic hydroxyl groups excluding tert-OH is 1. The van der Waals surface area contributed by atoms with Crippen molar-refractivity contribution in [3.8, 4) is 0 Å². The van der Waals surface area contributed by atoms with Crippen molar-refractivity contribution in [3.63, 3.8) is 0 Å². The average Bonchev–Trinajstić information content (AvgIpc) is 2.63. The van der Waals surface area contributed by atoms with Crippen molar-refractivity contribution in [2.45, 2.75) is 96.5 Å². The maximum atomic E-state index is 12.0. The van der Waals surface area contributed by atoms with E-state index in [0.29, 0.717) is 11.0 Å². The first-order chi connectivity index (χ1) is 14.6. The van der Waals surface area contributed by atoms with Crippen LogP contribution in [-0.2, 0) is 14.3 Å². The number of quaternary nitrogens is 1. The molecule has 0 saturated carbocycles. The molecule has 0 saturated heterocycles. The third kappa shape index (κ3) is 21.2. The van der Waals surface area contributed by atoms with E-state index in [1.807, 2.05) is 27.2 Å². The number of rotatable bonds is 19. The van der Waals surface area contributed by atoms with Crippen molar-refractivity contribution in [3.05, 3.63) is 24.0 Å². The average molecular weight is 441 g/mol. The summed E-state index contributed by atoms with van der Waals surface area (Å²) in [5, 5.41) is 18.9. The Labute approximate surface area is 189 Å². The Morgan fingerprint density at radius 3 is 1.87 bits per heavy atom. The van der Waals surface area contributed by atoms with Crippen LogP contribution in [0.25, 0.3) is 0 Å². The van der Waals surface area contributed by atoms with Gasteiger partial charge in [0.05, 0.1) is 33.6 Å². The number of aliphatic carboxylic acids is 1. The van der Waals surface area contributed by atoms with Gasteiger partial charge in [0.15, 0.2) is 6.10 Å². The zero-order valence-electron chi connectivity index (χ0n) is 20.3. The van der Waals surface area contributed by atoms with Gasteiger partial charge in [-0.3, -0.25) is 4.79 Å². The summed E-state index contributed by atoms with van der Waals surface area (Å²) in [6, 6.07) is 0. The molecule has 31 heavy (non-hydrogen) atoms. The molecule has 0 aromatic heterocycles. The van der Waals surface area contributed by atoms with E-state index in [-0.39, 0.29) is 12.2 Å². The van der Waals surface area contributed by atoms with Gasteiger partial charge in [-0.2, -0.15) is 0 Å². The molecule has 0 bridgehead atoms. The highest BCUT2D eigenvalue weighted by Gasteiger charge is 2.24. The summed E-state index contributed by atoms with van der Waals surface area (Å²) >= 11 is 0. The summed E-state index contributed by atoms with van der Waals surface area (Å²) in [6.45, 7) is 2.62. The van der Waals surface area contributed by atoms with Crippen LogP contribution in [0.4, 0.5) is 0 Å². The molecule has 0 amide bonds. The van der Waals surface area contributed by atoms with Crippen LogP contribution in [0.2, 0.25) is 0 Å². The van der Waals surface area contributed by atoms with Crippen LogP contribution in [0.5, 0.6) is 0 Å². The summed E-state index contributed by atoms with van der Waals surface area (Å²) in [7, 11) is 5.69. The van der Waals surface area contributed by atoms with E-state index in [4.69, 9.17) is 9.84 Å². The van der Waals surface area contributed by atoms with Crippen molar-refractivity contribution in [1.29, 1.82) is 0 Å². The number of ether oxygens (including phenoxy) is 1. The minimum Gasteiger partial charge on any atom is -0.508 e.